The number of non-ortho nitro benzene ring substituents is 1. The Balaban J connectivity index is 2.02. The Bertz CT molecular complexity index is 616. The fourth-order valence-electron chi connectivity index (χ4n) is 2.39. The number of aliphatic hydroxyl groups excluding tert-OH is 2. The first kappa shape index (κ1) is 17.1. The molecule has 2 aromatic rings. The molecule has 0 aliphatic carbocycles. The van der Waals surface area contributed by atoms with Gasteiger partial charge in [0, 0.05) is 31.8 Å². The van der Waals surface area contributed by atoms with Gasteiger partial charge in [-0.3, -0.25) is 15.0 Å². The highest BCUT2D eigenvalue weighted by atomic mass is 16.6. The smallest absolute Gasteiger partial charge is 0.269 e. The molecule has 0 aliphatic rings. The Morgan fingerprint density at radius 2 is 1.74 bits per heavy atom. The van der Waals surface area contributed by atoms with E-state index in [1.165, 1.54) is 12.1 Å². The minimum atomic E-state index is -0.772. The van der Waals surface area contributed by atoms with Crippen LogP contribution in [0, 0.1) is 10.1 Å². The summed E-state index contributed by atoms with van der Waals surface area (Å²) in [5.74, 6) is 0. The van der Waals surface area contributed by atoms with E-state index in [9.17, 15) is 20.3 Å². The third-order valence-electron chi connectivity index (χ3n) is 3.59. The zero-order valence-electron chi connectivity index (χ0n) is 12.7. The second-order valence-corrected chi connectivity index (χ2v) is 5.31. The molecule has 2 aromatic carbocycles. The second-order valence-electron chi connectivity index (χ2n) is 5.31. The molecule has 0 aromatic heterocycles. The Morgan fingerprint density at radius 1 is 1.09 bits per heavy atom. The highest BCUT2D eigenvalue weighted by molar-refractivity contribution is 5.33. The number of rotatable bonds is 8. The van der Waals surface area contributed by atoms with Gasteiger partial charge in [0.05, 0.1) is 17.6 Å². The van der Waals surface area contributed by atoms with E-state index in [-0.39, 0.29) is 12.3 Å². The summed E-state index contributed by atoms with van der Waals surface area (Å²) in [7, 11) is 0. The summed E-state index contributed by atoms with van der Waals surface area (Å²) in [6, 6.07) is 15.7. The van der Waals surface area contributed by atoms with Gasteiger partial charge in [0.2, 0.25) is 0 Å². The molecule has 0 fully saturated rings. The zero-order chi connectivity index (χ0) is 16.7. The maximum absolute atomic E-state index is 10.7. The van der Waals surface area contributed by atoms with Crippen LogP contribution >= 0.6 is 0 Å². The molecule has 2 rings (SSSR count). The van der Waals surface area contributed by atoms with Crippen molar-refractivity contribution in [1.82, 2.24) is 4.90 Å². The van der Waals surface area contributed by atoms with Crippen LogP contribution in [0.5, 0.6) is 0 Å². The van der Waals surface area contributed by atoms with E-state index in [1.807, 2.05) is 35.2 Å². The lowest BCUT2D eigenvalue weighted by Gasteiger charge is -2.24. The molecule has 0 amide bonds. The Labute approximate surface area is 134 Å². The topological polar surface area (TPSA) is 86.8 Å². The van der Waals surface area contributed by atoms with Crippen LogP contribution in [0.3, 0.4) is 0 Å². The third-order valence-corrected chi connectivity index (χ3v) is 3.59. The van der Waals surface area contributed by atoms with Crippen molar-refractivity contribution in [3.05, 3.63) is 75.8 Å². The lowest BCUT2D eigenvalue weighted by atomic mass is 10.1. The molecule has 0 radical (unpaired) electrons. The predicted octanol–water partition coefficient (Wildman–Crippen LogP) is 2.12. The van der Waals surface area contributed by atoms with Crippen LogP contribution in [0.15, 0.2) is 54.6 Å². The van der Waals surface area contributed by atoms with Crippen molar-refractivity contribution in [3.63, 3.8) is 0 Å². The summed E-state index contributed by atoms with van der Waals surface area (Å²) in [5.41, 5.74) is 1.71. The molecule has 6 nitrogen and oxygen atoms in total. The lowest BCUT2D eigenvalue weighted by Crippen LogP contribution is -2.31. The fraction of sp³-hybridized carbons (Fsp3) is 0.294. The van der Waals surface area contributed by atoms with Gasteiger partial charge in [0.1, 0.15) is 0 Å². The van der Waals surface area contributed by atoms with Gasteiger partial charge in [-0.25, -0.2) is 0 Å². The molecular formula is C17H20N2O4. The summed E-state index contributed by atoms with van der Waals surface area (Å²) >= 11 is 0. The maximum Gasteiger partial charge on any atom is 0.269 e. The van der Waals surface area contributed by atoms with Gasteiger partial charge in [-0.15, -0.1) is 0 Å². The van der Waals surface area contributed by atoms with Gasteiger partial charge in [0.25, 0.3) is 5.69 Å². The predicted molar refractivity (Wildman–Crippen MR) is 86.9 cm³/mol. The van der Waals surface area contributed by atoms with E-state index in [2.05, 4.69) is 0 Å². The summed E-state index contributed by atoms with van der Waals surface area (Å²) in [6.45, 7) is 1.40. The standard InChI is InChI=1S/C17H20N2O4/c20-11-10-18(12-14-4-2-1-3-5-14)13-17(21)15-6-8-16(9-7-15)19(22)23/h1-9,17,20-21H,10-13H2. The van der Waals surface area contributed by atoms with Crippen molar-refractivity contribution in [2.45, 2.75) is 12.6 Å². The van der Waals surface area contributed by atoms with E-state index in [0.717, 1.165) is 5.56 Å². The van der Waals surface area contributed by atoms with Gasteiger partial charge in [0.15, 0.2) is 0 Å². The average molecular weight is 316 g/mol. The van der Waals surface area contributed by atoms with Crippen LogP contribution in [0.4, 0.5) is 5.69 Å². The molecule has 0 saturated carbocycles. The van der Waals surface area contributed by atoms with E-state index < -0.39 is 11.0 Å². The molecule has 23 heavy (non-hydrogen) atoms. The third kappa shape index (κ3) is 5.14. The van der Waals surface area contributed by atoms with E-state index in [0.29, 0.717) is 25.2 Å². The lowest BCUT2D eigenvalue weighted by molar-refractivity contribution is -0.384. The first-order valence-corrected chi connectivity index (χ1v) is 7.39. The number of nitrogens with zero attached hydrogens (tertiary/aromatic N) is 2. The highest BCUT2D eigenvalue weighted by Gasteiger charge is 2.15. The molecule has 0 saturated heterocycles. The normalized spacial score (nSPS) is 12.3. The molecular weight excluding hydrogens is 296 g/mol. The van der Waals surface area contributed by atoms with Gasteiger partial charge in [-0.05, 0) is 23.3 Å². The summed E-state index contributed by atoms with van der Waals surface area (Å²) in [5, 5.41) is 30.2. The molecule has 0 heterocycles. The van der Waals surface area contributed by atoms with Gasteiger partial charge in [-0.2, -0.15) is 0 Å². The number of nitro groups is 1. The van der Waals surface area contributed by atoms with Crippen LogP contribution < -0.4 is 0 Å². The molecule has 2 N–H and O–H groups in total. The number of nitro benzene ring substituents is 1. The molecule has 6 heteroatoms. The average Bonchev–Trinajstić information content (AvgIpc) is 2.56. The number of benzene rings is 2. The minimum Gasteiger partial charge on any atom is -0.395 e. The van der Waals surface area contributed by atoms with Crippen molar-refractivity contribution < 1.29 is 15.1 Å². The van der Waals surface area contributed by atoms with Gasteiger partial charge >= 0.3 is 0 Å². The van der Waals surface area contributed by atoms with Crippen molar-refractivity contribution >= 4 is 5.69 Å². The highest BCUT2D eigenvalue weighted by Crippen LogP contribution is 2.19. The van der Waals surface area contributed by atoms with Gasteiger partial charge < -0.3 is 10.2 Å². The summed E-state index contributed by atoms with van der Waals surface area (Å²) in [4.78, 5) is 12.1. The van der Waals surface area contributed by atoms with Gasteiger partial charge in [-0.1, -0.05) is 30.3 Å². The van der Waals surface area contributed by atoms with Crippen LogP contribution in [0.25, 0.3) is 0 Å². The summed E-state index contributed by atoms with van der Waals surface area (Å²) in [6.07, 6.45) is -0.772. The van der Waals surface area contributed by atoms with E-state index >= 15 is 0 Å². The Kier molecular flexibility index (Phi) is 6.22. The quantitative estimate of drug-likeness (QED) is 0.575. The monoisotopic (exact) mass is 316 g/mol. The first-order valence-electron chi connectivity index (χ1n) is 7.39. The molecule has 0 bridgehead atoms. The first-order chi connectivity index (χ1) is 11.1. The molecule has 0 aliphatic heterocycles. The Morgan fingerprint density at radius 3 is 2.30 bits per heavy atom. The fourth-order valence-corrected chi connectivity index (χ4v) is 2.39. The van der Waals surface area contributed by atoms with Crippen LogP contribution in [0.1, 0.15) is 17.2 Å². The molecule has 0 spiro atoms. The molecule has 1 atom stereocenters. The van der Waals surface area contributed by atoms with Crippen LogP contribution in [-0.4, -0.2) is 39.7 Å². The zero-order valence-corrected chi connectivity index (χ0v) is 12.7. The molecule has 122 valence electrons. The van der Waals surface area contributed by atoms with Crippen molar-refractivity contribution in [2.75, 3.05) is 19.7 Å². The maximum atomic E-state index is 10.7. The second kappa shape index (κ2) is 8.38. The SMILES string of the molecule is O=[N+]([O-])c1ccc(C(O)CN(CCO)Cc2ccccc2)cc1. The number of hydrogen-bond acceptors (Lipinski definition) is 5. The largest absolute Gasteiger partial charge is 0.395 e. The van der Waals surface area contributed by atoms with Crippen LogP contribution in [-0.2, 0) is 6.54 Å². The van der Waals surface area contributed by atoms with Crippen molar-refractivity contribution in [3.8, 4) is 0 Å². The number of aliphatic hydroxyl groups is 2. The Hall–Kier alpha value is -2.28. The van der Waals surface area contributed by atoms with Crippen molar-refractivity contribution in [2.24, 2.45) is 0 Å². The molecule has 1 unspecified atom stereocenters. The van der Waals surface area contributed by atoms with Crippen LogP contribution in [0.2, 0.25) is 0 Å². The van der Waals surface area contributed by atoms with E-state index in [4.69, 9.17) is 0 Å². The number of hydrogen-bond donors (Lipinski definition) is 2. The van der Waals surface area contributed by atoms with Crippen molar-refractivity contribution in [1.29, 1.82) is 0 Å². The van der Waals surface area contributed by atoms with E-state index in [1.54, 1.807) is 12.1 Å². The summed E-state index contributed by atoms with van der Waals surface area (Å²) < 4.78 is 0. The minimum absolute atomic E-state index is 0.000183.